The Kier molecular flexibility index (Phi) is 4.84. The fraction of sp³-hybridized carbons (Fsp3) is 0.625. The highest BCUT2D eigenvalue weighted by Gasteiger charge is 2.21. The number of carbonyl (C=O) groups is 1. The maximum Gasteiger partial charge on any atom is 0.273 e. The smallest absolute Gasteiger partial charge is 0.273 e. The number of hydrogen-bond donors (Lipinski definition) is 1. The number of nitrogens with zero attached hydrogens (tertiary/aromatic N) is 4. The summed E-state index contributed by atoms with van der Waals surface area (Å²) >= 11 is 1.37. The van der Waals surface area contributed by atoms with Crippen molar-refractivity contribution in [1.82, 2.24) is 19.9 Å². The zero-order valence-corrected chi connectivity index (χ0v) is 15.1. The van der Waals surface area contributed by atoms with Crippen molar-refractivity contribution in [2.24, 2.45) is 5.92 Å². The van der Waals surface area contributed by atoms with Gasteiger partial charge in [-0.3, -0.25) is 14.2 Å². The van der Waals surface area contributed by atoms with Gasteiger partial charge in [-0.1, -0.05) is 18.3 Å². The van der Waals surface area contributed by atoms with Crippen LogP contribution in [0.15, 0.2) is 11.1 Å². The second-order valence-electron chi connectivity index (χ2n) is 6.74. The molecular formula is C16H23N5O2S. The number of anilines is 1. The first-order chi connectivity index (χ1) is 11.4. The minimum Gasteiger partial charge on any atom is -0.352 e. The number of fused-ring (bicyclic) bond motifs is 1. The molecular weight excluding hydrogens is 326 g/mol. The maximum absolute atomic E-state index is 12.6. The number of piperidine rings is 1. The van der Waals surface area contributed by atoms with Gasteiger partial charge in [-0.2, -0.15) is 4.98 Å². The molecule has 1 aliphatic heterocycles. The Bertz CT molecular complexity index is 797. The van der Waals surface area contributed by atoms with Crippen LogP contribution in [0.1, 0.15) is 33.6 Å². The molecule has 3 rings (SSSR count). The average Bonchev–Trinajstić information content (AvgIpc) is 2.94. The third-order valence-electron chi connectivity index (χ3n) is 4.06. The highest BCUT2D eigenvalue weighted by atomic mass is 32.1. The van der Waals surface area contributed by atoms with Crippen LogP contribution in [-0.4, -0.2) is 39.6 Å². The van der Waals surface area contributed by atoms with E-state index in [0.717, 1.165) is 24.6 Å². The summed E-state index contributed by atoms with van der Waals surface area (Å²) < 4.78 is 1.86. The van der Waals surface area contributed by atoms with Gasteiger partial charge in [0.25, 0.3) is 5.56 Å². The normalized spacial score (nSPS) is 18.3. The number of rotatable bonds is 4. The number of aromatic nitrogens is 3. The van der Waals surface area contributed by atoms with Gasteiger partial charge in [0.05, 0.1) is 0 Å². The summed E-state index contributed by atoms with van der Waals surface area (Å²) in [5.41, 5.74) is 0.270. The summed E-state index contributed by atoms with van der Waals surface area (Å²) in [7, 11) is 0. The van der Waals surface area contributed by atoms with Gasteiger partial charge in [-0.05, 0) is 32.6 Å². The average molecular weight is 349 g/mol. The van der Waals surface area contributed by atoms with E-state index in [0.29, 0.717) is 16.3 Å². The van der Waals surface area contributed by atoms with Crippen LogP contribution in [0, 0.1) is 5.92 Å². The van der Waals surface area contributed by atoms with Gasteiger partial charge in [0.2, 0.25) is 5.91 Å². The Morgan fingerprint density at radius 1 is 1.50 bits per heavy atom. The molecule has 3 heterocycles. The van der Waals surface area contributed by atoms with Crippen LogP contribution in [0.3, 0.4) is 0 Å². The molecule has 0 saturated carbocycles. The van der Waals surface area contributed by atoms with Gasteiger partial charge in [-0.25, -0.2) is 4.98 Å². The highest BCUT2D eigenvalue weighted by molar-refractivity contribution is 7.22. The molecule has 130 valence electrons. The molecule has 0 radical (unpaired) electrons. The lowest BCUT2D eigenvalue weighted by atomic mass is 10.0. The van der Waals surface area contributed by atoms with E-state index in [2.05, 4.69) is 27.1 Å². The molecule has 7 nitrogen and oxygen atoms in total. The van der Waals surface area contributed by atoms with E-state index >= 15 is 0 Å². The van der Waals surface area contributed by atoms with Crippen molar-refractivity contribution >= 4 is 32.7 Å². The molecule has 0 spiro atoms. The van der Waals surface area contributed by atoms with Crippen LogP contribution in [0.5, 0.6) is 0 Å². The molecule has 0 aliphatic carbocycles. The molecule has 1 saturated heterocycles. The number of hydrogen-bond acceptors (Lipinski definition) is 6. The van der Waals surface area contributed by atoms with E-state index in [1.54, 1.807) is 0 Å². The zero-order valence-electron chi connectivity index (χ0n) is 14.3. The quantitative estimate of drug-likeness (QED) is 0.907. The number of amides is 1. The minimum atomic E-state index is -0.201. The van der Waals surface area contributed by atoms with Gasteiger partial charge in [0.15, 0.2) is 10.8 Å². The van der Waals surface area contributed by atoms with Gasteiger partial charge in [-0.15, -0.1) is 0 Å². The first-order valence-corrected chi connectivity index (χ1v) is 9.16. The summed E-state index contributed by atoms with van der Waals surface area (Å²) in [4.78, 5) is 35.5. The molecule has 1 unspecified atom stereocenters. The van der Waals surface area contributed by atoms with Crippen molar-refractivity contribution in [3.05, 3.63) is 16.7 Å². The van der Waals surface area contributed by atoms with Crippen molar-refractivity contribution < 1.29 is 4.79 Å². The Morgan fingerprint density at radius 3 is 3.00 bits per heavy atom. The van der Waals surface area contributed by atoms with Crippen LogP contribution < -0.4 is 15.8 Å². The summed E-state index contributed by atoms with van der Waals surface area (Å²) in [5.74, 6) is 0.443. The van der Waals surface area contributed by atoms with E-state index in [9.17, 15) is 9.59 Å². The first-order valence-electron chi connectivity index (χ1n) is 8.34. The van der Waals surface area contributed by atoms with Gasteiger partial charge in [0.1, 0.15) is 17.6 Å². The molecule has 24 heavy (non-hydrogen) atoms. The van der Waals surface area contributed by atoms with Crippen LogP contribution in [-0.2, 0) is 11.3 Å². The molecule has 2 aromatic rings. The molecule has 1 N–H and O–H groups in total. The van der Waals surface area contributed by atoms with Gasteiger partial charge >= 0.3 is 0 Å². The molecule has 0 aromatic carbocycles. The molecule has 1 atom stereocenters. The molecule has 0 bridgehead atoms. The number of nitrogens with one attached hydrogen (secondary N) is 1. The van der Waals surface area contributed by atoms with Crippen molar-refractivity contribution in [3.63, 3.8) is 0 Å². The molecule has 1 amide bonds. The van der Waals surface area contributed by atoms with E-state index in [4.69, 9.17) is 0 Å². The first kappa shape index (κ1) is 16.9. The Labute approximate surface area is 144 Å². The molecule has 1 fully saturated rings. The van der Waals surface area contributed by atoms with Crippen LogP contribution in [0.2, 0.25) is 0 Å². The van der Waals surface area contributed by atoms with E-state index in [1.807, 2.05) is 13.8 Å². The SMILES string of the molecule is CC1CCCN(c2nc3ncn(CC(=O)NC(C)C)c(=O)c3s2)C1. The third kappa shape index (κ3) is 3.58. The molecule has 8 heteroatoms. The van der Waals surface area contributed by atoms with Crippen LogP contribution in [0.25, 0.3) is 10.3 Å². The van der Waals surface area contributed by atoms with E-state index in [-0.39, 0.29) is 24.1 Å². The predicted octanol–water partition coefficient (Wildman–Crippen LogP) is 1.61. The van der Waals surface area contributed by atoms with Crippen molar-refractivity contribution in [3.8, 4) is 0 Å². The second kappa shape index (κ2) is 6.88. The Balaban J connectivity index is 1.86. The third-order valence-corrected chi connectivity index (χ3v) is 5.16. The van der Waals surface area contributed by atoms with Crippen LogP contribution >= 0.6 is 11.3 Å². The predicted molar refractivity (Wildman–Crippen MR) is 95.6 cm³/mol. The fourth-order valence-corrected chi connectivity index (χ4v) is 3.97. The Hall–Kier alpha value is -1.96. The summed E-state index contributed by atoms with van der Waals surface area (Å²) in [5, 5.41) is 3.63. The standard InChI is InChI=1S/C16H23N5O2S/c1-10(2)18-12(22)8-21-9-17-14-13(15(21)23)24-16(19-14)20-6-4-5-11(3)7-20/h9-11H,4-8H2,1-3H3,(H,18,22). The van der Waals surface area contributed by atoms with Crippen molar-refractivity contribution in [1.29, 1.82) is 0 Å². The Morgan fingerprint density at radius 2 is 2.29 bits per heavy atom. The van der Waals surface area contributed by atoms with E-state index < -0.39 is 0 Å². The van der Waals surface area contributed by atoms with Crippen molar-refractivity contribution in [2.75, 3.05) is 18.0 Å². The number of thiazole rings is 1. The van der Waals surface area contributed by atoms with Crippen LogP contribution in [0.4, 0.5) is 5.13 Å². The maximum atomic E-state index is 12.6. The van der Waals surface area contributed by atoms with Crippen molar-refractivity contribution in [2.45, 2.75) is 46.2 Å². The van der Waals surface area contributed by atoms with Gasteiger partial charge in [0, 0.05) is 19.1 Å². The summed E-state index contributed by atoms with van der Waals surface area (Å²) in [6.45, 7) is 7.92. The minimum absolute atomic E-state index is 0.0199. The largest absolute Gasteiger partial charge is 0.352 e. The monoisotopic (exact) mass is 349 g/mol. The highest BCUT2D eigenvalue weighted by Crippen LogP contribution is 2.28. The second-order valence-corrected chi connectivity index (χ2v) is 7.72. The number of carbonyl (C=O) groups excluding carboxylic acids is 1. The lowest BCUT2D eigenvalue weighted by Crippen LogP contribution is -2.36. The van der Waals surface area contributed by atoms with E-state index in [1.165, 1.54) is 28.7 Å². The fourth-order valence-electron chi connectivity index (χ4n) is 2.97. The topological polar surface area (TPSA) is 80.1 Å². The summed E-state index contributed by atoms with van der Waals surface area (Å²) in [6, 6.07) is 0.0426. The summed E-state index contributed by atoms with van der Waals surface area (Å²) in [6.07, 6.45) is 3.79. The molecule has 2 aromatic heterocycles. The lowest BCUT2D eigenvalue weighted by molar-refractivity contribution is -0.122. The lowest BCUT2D eigenvalue weighted by Gasteiger charge is -2.30. The zero-order chi connectivity index (χ0) is 17.3. The molecule has 1 aliphatic rings. The van der Waals surface area contributed by atoms with Gasteiger partial charge < -0.3 is 10.2 Å².